The molecule has 0 bridgehead atoms. The third kappa shape index (κ3) is 3.55. The van der Waals surface area contributed by atoms with Gasteiger partial charge < -0.3 is 15.8 Å². The zero-order chi connectivity index (χ0) is 11.3. The first kappa shape index (κ1) is 11.5. The molecule has 0 aliphatic rings. The number of nitrogens with one attached hydrogen (secondary N) is 1. The highest BCUT2D eigenvalue weighted by Gasteiger charge is 2.06. The second-order valence-electron chi connectivity index (χ2n) is 3.18. The van der Waals surface area contributed by atoms with Crippen LogP contribution in [0.25, 0.3) is 0 Å². The summed E-state index contributed by atoms with van der Waals surface area (Å²) in [6, 6.07) is 4.87. The summed E-state index contributed by atoms with van der Waals surface area (Å²) in [6.45, 7) is 1.99. The fourth-order valence-electron chi connectivity index (χ4n) is 1.01. The number of carbonyl (C=O) groups is 1. The lowest BCUT2D eigenvalue weighted by Gasteiger charge is -2.07. The van der Waals surface area contributed by atoms with E-state index in [2.05, 4.69) is 10.3 Å². The largest absolute Gasteiger partial charge is 0.481 e. The van der Waals surface area contributed by atoms with Crippen LogP contribution in [-0.4, -0.2) is 24.0 Å². The number of rotatable bonds is 4. The lowest BCUT2D eigenvalue weighted by Crippen LogP contribution is -2.37. The number of hydrogen-bond donors (Lipinski definition) is 2. The average molecular weight is 209 g/mol. The molecule has 0 fully saturated rings. The first-order valence-electron chi connectivity index (χ1n) is 4.66. The van der Waals surface area contributed by atoms with Crippen LogP contribution < -0.4 is 15.8 Å². The lowest BCUT2D eigenvalue weighted by molar-refractivity contribution is -0.122. The highest BCUT2D eigenvalue weighted by atomic mass is 16.5. The van der Waals surface area contributed by atoms with Crippen molar-refractivity contribution in [2.75, 3.05) is 7.11 Å². The Kier molecular flexibility index (Phi) is 4.05. The number of ether oxygens (including phenoxy) is 1. The summed E-state index contributed by atoms with van der Waals surface area (Å²) in [5.41, 5.74) is 6.14. The number of hydrogen-bond acceptors (Lipinski definition) is 4. The van der Waals surface area contributed by atoms with Crippen LogP contribution in [0.3, 0.4) is 0 Å². The van der Waals surface area contributed by atoms with Gasteiger partial charge in [-0.2, -0.15) is 0 Å². The molecule has 0 radical (unpaired) electrons. The second kappa shape index (κ2) is 5.31. The van der Waals surface area contributed by atoms with E-state index in [9.17, 15) is 4.79 Å². The molecule has 3 N–H and O–H groups in total. The summed E-state index contributed by atoms with van der Waals surface area (Å²) in [7, 11) is 1.55. The van der Waals surface area contributed by atoms with Crippen LogP contribution in [0.15, 0.2) is 18.2 Å². The normalized spacial score (nSPS) is 11.9. The number of pyridine rings is 1. The molecular formula is C10H15N3O2. The minimum Gasteiger partial charge on any atom is -0.481 e. The molecule has 1 unspecified atom stereocenters. The molecule has 15 heavy (non-hydrogen) atoms. The Morgan fingerprint density at radius 3 is 3.00 bits per heavy atom. The molecule has 0 aromatic carbocycles. The number of carbonyl (C=O) groups excluding carboxylic acids is 1. The molecular weight excluding hydrogens is 194 g/mol. The highest BCUT2D eigenvalue weighted by Crippen LogP contribution is 2.05. The van der Waals surface area contributed by atoms with Gasteiger partial charge in [-0.25, -0.2) is 4.98 Å². The Bertz CT molecular complexity index is 339. The van der Waals surface area contributed by atoms with Crippen LogP contribution in [0.2, 0.25) is 0 Å². The van der Waals surface area contributed by atoms with Crippen molar-refractivity contribution in [1.29, 1.82) is 0 Å². The van der Waals surface area contributed by atoms with Crippen LogP contribution in [0.5, 0.6) is 5.88 Å². The van der Waals surface area contributed by atoms with E-state index >= 15 is 0 Å². The van der Waals surface area contributed by atoms with Crippen LogP contribution >= 0.6 is 0 Å². The quantitative estimate of drug-likeness (QED) is 0.734. The van der Waals surface area contributed by atoms with Gasteiger partial charge in [-0.15, -0.1) is 0 Å². The maximum Gasteiger partial charge on any atom is 0.236 e. The van der Waals surface area contributed by atoms with Crippen molar-refractivity contribution >= 4 is 5.91 Å². The number of aromatic nitrogens is 1. The molecule has 82 valence electrons. The van der Waals surface area contributed by atoms with E-state index in [0.717, 1.165) is 5.69 Å². The van der Waals surface area contributed by atoms with Crippen molar-refractivity contribution in [1.82, 2.24) is 10.3 Å². The predicted molar refractivity (Wildman–Crippen MR) is 56.3 cm³/mol. The maximum absolute atomic E-state index is 11.2. The van der Waals surface area contributed by atoms with E-state index in [4.69, 9.17) is 10.5 Å². The SMILES string of the molecule is COc1cccc(CNC(=O)C(C)N)n1. The summed E-state index contributed by atoms with van der Waals surface area (Å²) in [6.07, 6.45) is 0. The average Bonchev–Trinajstić information content (AvgIpc) is 2.26. The van der Waals surface area contributed by atoms with Crippen molar-refractivity contribution < 1.29 is 9.53 Å². The van der Waals surface area contributed by atoms with Crippen LogP contribution in [0.1, 0.15) is 12.6 Å². The van der Waals surface area contributed by atoms with Crippen molar-refractivity contribution in [3.8, 4) is 5.88 Å². The Labute approximate surface area is 88.6 Å². The summed E-state index contributed by atoms with van der Waals surface area (Å²) in [5, 5.41) is 2.67. The minimum atomic E-state index is -0.504. The van der Waals surface area contributed by atoms with Crippen molar-refractivity contribution in [3.05, 3.63) is 23.9 Å². The van der Waals surface area contributed by atoms with E-state index in [1.54, 1.807) is 20.1 Å². The van der Waals surface area contributed by atoms with E-state index in [1.165, 1.54) is 0 Å². The van der Waals surface area contributed by atoms with Gasteiger partial charge in [-0.1, -0.05) is 6.07 Å². The van der Waals surface area contributed by atoms with Gasteiger partial charge in [0.05, 0.1) is 25.4 Å². The van der Waals surface area contributed by atoms with Gasteiger partial charge in [0.15, 0.2) is 0 Å². The van der Waals surface area contributed by atoms with Gasteiger partial charge in [-0.3, -0.25) is 4.79 Å². The van der Waals surface area contributed by atoms with Crippen molar-refractivity contribution in [3.63, 3.8) is 0 Å². The van der Waals surface area contributed by atoms with Crippen molar-refractivity contribution in [2.45, 2.75) is 19.5 Å². The fraction of sp³-hybridized carbons (Fsp3) is 0.400. The van der Waals surface area contributed by atoms with Gasteiger partial charge in [0.25, 0.3) is 0 Å². The third-order valence-corrected chi connectivity index (χ3v) is 1.85. The van der Waals surface area contributed by atoms with E-state index in [0.29, 0.717) is 12.4 Å². The lowest BCUT2D eigenvalue weighted by atomic mass is 10.3. The summed E-state index contributed by atoms with van der Waals surface area (Å²) < 4.78 is 4.96. The summed E-state index contributed by atoms with van der Waals surface area (Å²) in [5.74, 6) is 0.335. The van der Waals surface area contributed by atoms with Crippen LogP contribution in [0, 0.1) is 0 Å². The smallest absolute Gasteiger partial charge is 0.236 e. The molecule has 0 spiro atoms. The standard InChI is InChI=1S/C10H15N3O2/c1-7(11)10(14)12-6-8-4-3-5-9(13-8)15-2/h3-5,7H,6,11H2,1-2H3,(H,12,14). The number of amides is 1. The monoisotopic (exact) mass is 209 g/mol. The molecule has 1 aromatic rings. The van der Waals surface area contributed by atoms with Gasteiger partial charge in [0.2, 0.25) is 11.8 Å². The molecule has 1 aromatic heterocycles. The molecule has 0 saturated heterocycles. The van der Waals surface area contributed by atoms with Crippen molar-refractivity contribution in [2.24, 2.45) is 5.73 Å². The van der Waals surface area contributed by atoms with Crippen LogP contribution in [-0.2, 0) is 11.3 Å². The number of methoxy groups -OCH3 is 1. The molecule has 0 aliphatic carbocycles. The molecule has 5 heteroatoms. The molecule has 5 nitrogen and oxygen atoms in total. The molecule has 0 saturated carbocycles. The third-order valence-electron chi connectivity index (χ3n) is 1.85. The van der Waals surface area contributed by atoms with E-state index in [-0.39, 0.29) is 5.91 Å². The van der Waals surface area contributed by atoms with E-state index in [1.807, 2.05) is 12.1 Å². The van der Waals surface area contributed by atoms with Gasteiger partial charge >= 0.3 is 0 Å². The number of nitrogens with two attached hydrogens (primary N) is 1. The Morgan fingerprint density at radius 2 is 2.40 bits per heavy atom. The zero-order valence-electron chi connectivity index (χ0n) is 8.86. The van der Waals surface area contributed by atoms with Gasteiger partial charge in [0, 0.05) is 6.07 Å². The summed E-state index contributed by atoms with van der Waals surface area (Å²) in [4.78, 5) is 15.3. The minimum absolute atomic E-state index is 0.195. The molecule has 1 atom stereocenters. The van der Waals surface area contributed by atoms with E-state index < -0.39 is 6.04 Å². The Morgan fingerprint density at radius 1 is 1.67 bits per heavy atom. The van der Waals surface area contributed by atoms with Crippen LogP contribution in [0.4, 0.5) is 0 Å². The maximum atomic E-state index is 11.2. The first-order chi connectivity index (χ1) is 7.13. The Hall–Kier alpha value is -1.62. The summed E-state index contributed by atoms with van der Waals surface area (Å²) >= 11 is 0. The van der Waals surface area contributed by atoms with Gasteiger partial charge in [0.1, 0.15) is 0 Å². The molecule has 1 heterocycles. The zero-order valence-corrected chi connectivity index (χ0v) is 8.86. The topological polar surface area (TPSA) is 77.2 Å². The molecule has 1 amide bonds. The first-order valence-corrected chi connectivity index (χ1v) is 4.66. The highest BCUT2D eigenvalue weighted by molar-refractivity contribution is 5.80. The fourth-order valence-corrected chi connectivity index (χ4v) is 1.01. The number of nitrogens with zero attached hydrogens (tertiary/aromatic N) is 1. The predicted octanol–water partition coefficient (Wildman–Crippen LogP) is 0.0536. The second-order valence-corrected chi connectivity index (χ2v) is 3.18. The molecule has 1 rings (SSSR count). The Balaban J connectivity index is 2.54. The molecule has 0 aliphatic heterocycles. The van der Waals surface area contributed by atoms with Gasteiger partial charge in [-0.05, 0) is 13.0 Å².